The molecule has 6 nitrogen and oxygen atoms in total. The monoisotopic (exact) mass is 292 g/mol. The number of rotatable bonds is 2. The molecule has 0 bridgehead atoms. The second-order valence-corrected chi connectivity index (χ2v) is 4.91. The first-order valence-electron chi connectivity index (χ1n) is 6.94. The molecule has 3 heterocycles. The first-order valence-corrected chi connectivity index (χ1v) is 6.94. The van der Waals surface area contributed by atoms with Crippen LogP contribution in [0, 0.1) is 11.3 Å². The molecule has 0 N–H and O–H groups in total. The van der Waals surface area contributed by atoms with Crippen LogP contribution in [-0.4, -0.2) is 27.7 Å². The number of pyridine rings is 1. The van der Waals surface area contributed by atoms with E-state index in [1.54, 1.807) is 12.4 Å². The van der Waals surface area contributed by atoms with Gasteiger partial charge in [-0.3, -0.25) is 4.98 Å². The average molecular weight is 292 g/mol. The second-order valence-electron chi connectivity index (χ2n) is 4.91. The molecule has 2 aromatic heterocycles. The fraction of sp³-hybridized carbons (Fsp3) is 0.188. The summed E-state index contributed by atoms with van der Waals surface area (Å²) >= 11 is 0. The lowest BCUT2D eigenvalue weighted by Crippen LogP contribution is -2.15. The van der Waals surface area contributed by atoms with Crippen molar-refractivity contribution in [3.05, 3.63) is 36.7 Å². The van der Waals surface area contributed by atoms with Gasteiger partial charge >= 0.3 is 0 Å². The topological polar surface area (TPSA) is 73.0 Å². The van der Waals surface area contributed by atoms with Crippen LogP contribution < -0.4 is 9.47 Å². The maximum Gasteiger partial charge on any atom is 0.163 e. The fourth-order valence-electron chi connectivity index (χ4n) is 2.61. The SMILES string of the molecule is N#CCn1c(-c2cccnc2)nc2cc3c(cc21)OCCO3. The Morgan fingerprint density at radius 1 is 1.23 bits per heavy atom. The van der Waals surface area contributed by atoms with Crippen LogP contribution in [0.25, 0.3) is 22.4 Å². The lowest BCUT2D eigenvalue weighted by molar-refractivity contribution is 0.172. The molecule has 0 saturated carbocycles. The van der Waals surface area contributed by atoms with Gasteiger partial charge in [0.05, 0.1) is 17.1 Å². The molecule has 0 radical (unpaired) electrons. The first kappa shape index (κ1) is 12.7. The van der Waals surface area contributed by atoms with E-state index in [0.717, 1.165) is 16.6 Å². The standard InChI is InChI=1S/C16H12N4O2/c17-3-5-20-13-9-15-14(21-6-7-22-15)8-12(13)19-16(20)11-2-1-4-18-10-11/h1-2,4,8-10H,5-7H2. The molecule has 108 valence electrons. The maximum atomic E-state index is 9.14. The van der Waals surface area contributed by atoms with Crippen LogP contribution in [0.1, 0.15) is 0 Å². The Bertz CT molecular complexity index is 881. The molecule has 0 unspecified atom stereocenters. The highest BCUT2D eigenvalue weighted by Gasteiger charge is 2.18. The minimum Gasteiger partial charge on any atom is -0.486 e. The van der Waals surface area contributed by atoms with Crippen molar-refractivity contribution in [3.63, 3.8) is 0 Å². The van der Waals surface area contributed by atoms with E-state index >= 15 is 0 Å². The molecule has 6 heteroatoms. The van der Waals surface area contributed by atoms with E-state index in [2.05, 4.69) is 16.0 Å². The van der Waals surface area contributed by atoms with Gasteiger partial charge in [0, 0.05) is 30.1 Å². The Morgan fingerprint density at radius 2 is 2.05 bits per heavy atom. The summed E-state index contributed by atoms with van der Waals surface area (Å²) in [7, 11) is 0. The number of imidazole rings is 1. The van der Waals surface area contributed by atoms with E-state index in [4.69, 9.17) is 14.7 Å². The summed E-state index contributed by atoms with van der Waals surface area (Å²) in [4.78, 5) is 8.77. The Labute approximate surface area is 126 Å². The van der Waals surface area contributed by atoms with Crippen molar-refractivity contribution in [3.8, 4) is 29.0 Å². The Hall–Kier alpha value is -3.07. The van der Waals surface area contributed by atoms with Gasteiger partial charge in [0.15, 0.2) is 11.5 Å². The van der Waals surface area contributed by atoms with Gasteiger partial charge < -0.3 is 14.0 Å². The fourth-order valence-corrected chi connectivity index (χ4v) is 2.61. The zero-order valence-electron chi connectivity index (χ0n) is 11.7. The number of hydrogen-bond acceptors (Lipinski definition) is 5. The Balaban J connectivity index is 1.97. The summed E-state index contributed by atoms with van der Waals surface area (Å²) in [5.74, 6) is 2.10. The Kier molecular flexibility index (Phi) is 2.90. The van der Waals surface area contributed by atoms with Gasteiger partial charge in [0.1, 0.15) is 25.6 Å². The smallest absolute Gasteiger partial charge is 0.163 e. The van der Waals surface area contributed by atoms with Crippen LogP contribution in [0.4, 0.5) is 0 Å². The van der Waals surface area contributed by atoms with Crippen LogP contribution in [0.15, 0.2) is 36.7 Å². The van der Waals surface area contributed by atoms with Crippen LogP contribution in [0.5, 0.6) is 11.5 Å². The normalized spacial score (nSPS) is 13.0. The van der Waals surface area contributed by atoms with Crippen molar-refractivity contribution < 1.29 is 9.47 Å². The summed E-state index contributed by atoms with van der Waals surface area (Å²) in [5.41, 5.74) is 2.50. The van der Waals surface area contributed by atoms with E-state index in [-0.39, 0.29) is 6.54 Å². The minimum absolute atomic E-state index is 0.209. The third kappa shape index (κ3) is 1.95. The molecule has 4 rings (SSSR count). The van der Waals surface area contributed by atoms with Gasteiger partial charge in [-0.15, -0.1) is 0 Å². The van der Waals surface area contributed by atoms with Crippen molar-refractivity contribution in [2.45, 2.75) is 6.54 Å². The molecule has 0 amide bonds. The summed E-state index contributed by atoms with van der Waals surface area (Å²) in [6.07, 6.45) is 3.45. The molecule has 3 aromatic rings. The van der Waals surface area contributed by atoms with Gasteiger partial charge in [0.2, 0.25) is 0 Å². The molecule has 1 aliphatic rings. The van der Waals surface area contributed by atoms with Crippen LogP contribution >= 0.6 is 0 Å². The maximum absolute atomic E-state index is 9.14. The molecule has 22 heavy (non-hydrogen) atoms. The second kappa shape index (κ2) is 5.04. The predicted octanol–water partition coefficient (Wildman–Crippen LogP) is 2.39. The number of nitriles is 1. The molecule has 0 saturated heterocycles. The van der Waals surface area contributed by atoms with Crippen LogP contribution in [0.2, 0.25) is 0 Å². The van der Waals surface area contributed by atoms with Crippen molar-refractivity contribution >= 4 is 11.0 Å². The number of hydrogen-bond donors (Lipinski definition) is 0. The van der Waals surface area contributed by atoms with Gasteiger partial charge in [-0.05, 0) is 12.1 Å². The van der Waals surface area contributed by atoms with Crippen molar-refractivity contribution in [1.82, 2.24) is 14.5 Å². The van der Waals surface area contributed by atoms with Crippen molar-refractivity contribution in [2.75, 3.05) is 13.2 Å². The highest BCUT2D eigenvalue weighted by molar-refractivity contribution is 5.84. The molecule has 0 spiro atoms. The average Bonchev–Trinajstić information content (AvgIpc) is 2.92. The molecule has 0 atom stereocenters. The lowest BCUT2D eigenvalue weighted by atomic mass is 10.2. The van der Waals surface area contributed by atoms with Gasteiger partial charge in [-0.1, -0.05) is 0 Å². The quantitative estimate of drug-likeness (QED) is 0.725. The third-order valence-corrected chi connectivity index (χ3v) is 3.56. The van der Waals surface area contributed by atoms with Crippen LogP contribution in [-0.2, 0) is 6.54 Å². The van der Waals surface area contributed by atoms with E-state index < -0.39 is 0 Å². The highest BCUT2D eigenvalue weighted by atomic mass is 16.6. The van der Waals surface area contributed by atoms with Crippen molar-refractivity contribution in [1.29, 1.82) is 5.26 Å². The summed E-state index contributed by atoms with van der Waals surface area (Å²) < 4.78 is 13.1. The van der Waals surface area contributed by atoms with E-state index in [1.165, 1.54) is 0 Å². The van der Waals surface area contributed by atoms with Gasteiger partial charge in [0.25, 0.3) is 0 Å². The van der Waals surface area contributed by atoms with Gasteiger partial charge in [-0.25, -0.2) is 4.98 Å². The number of benzene rings is 1. The van der Waals surface area contributed by atoms with Crippen molar-refractivity contribution in [2.24, 2.45) is 0 Å². The summed E-state index contributed by atoms with van der Waals surface area (Å²) in [6.45, 7) is 1.27. The van der Waals surface area contributed by atoms with E-state index in [0.29, 0.717) is 30.5 Å². The zero-order valence-corrected chi connectivity index (χ0v) is 11.7. The molecule has 0 aliphatic carbocycles. The largest absolute Gasteiger partial charge is 0.486 e. The zero-order chi connectivity index (χ0) is 14.9. The molecule has 0 fully saturated rings. The highest BCUT2D eigenvalue weighted by Crippen LogP contribution is 2.36. The van der Waals surface area contributed by atoms with E-state index in [9.17, 15) is 0 Å². The number of aromatic nitrogens is 3. The predicted molar refractivity (Wildman–Crippen MR) is 79.6 cm³/mol. The number of ether oxygens (including phenoxy) is 2. The molecular weight excluding hydrogens is 280 g/mol. The molecule has 1 aromatic carbocycles. The van der Waals surface area contributed by atoms with Crippen LogP contribution in [0.3, 0.4) is 0 Å². The Morgan fingerprint density at radius 3 is 2.77 bits per heavy atom. The molecule has 1 aliphatic heterocycles. The number of nitrogens with zero attached hydrogens (tertiary/aromatic N) is 4. The van der Waals surface area contributed by atoms with E-state index in [1.807, 2.05) is 28.8 Å². The van der Waals surface area contributed by atoms with Gasteiger partial charge in [-0.2, -0.15) is 5.26 Å². The summed E-state index contributed by atoms with van der Waals surface area (Å²) in [6, 6.07) is 9.70. The summed E-state index contributed by atoms with van der Waals surface area (Å²) in [5, 5.41) is 9.14. The number of fused-ring (bicyclic) bond motifs is 2. The minimum atomic E-state index is 0.209. The first-order chi connectivity index (χ1) is 10.9. The lowest BCUT2D eigenvalue weighted by Gasteiger charge is -2.18. The third-order valence-electron chi connectivity index (χ3n) is 3.56. The molecular formula is C16H12N4O2.